The minimum atomic E-state index is -2.99. The highest BCUT2D eigenvalue weighted by Crippen LogP contribution is 2.12. The zero-order chi connectivity index (χ0) is 12.3. The minimum absolute atomic E-state index is 0.277. The van der Waals surface area contributed by atoms with Gasteiger partial charge in [-0.3, -0.25) is 0 Å². The topological polar surface area (TPSA) is 75.2 Å². The van der Waals surface area contributed by atoms with Crippen molar-refractivity contribution >= 4 is 15.8 Å². The smallest absolute Gasteiger partial charge is 0.214 e. The van der Waals surface area contributed by atoms with Crippen LogP contribution in [0.4, 0.5) is 5.82 Å². The third kappa shape index (κ3) is 3.13. The van der Waals surface area contributed by atoms with Gasteiger partial charge in [-0.15, -0.1) is 0 Å². The van der Waals surface area contributed by atoms with Gasteiger partial charge >= 0.3 is 0 Å². The minimum Gasteiger partial charge on any atom is -0.369 e. The second-order valence-corrected chi connectivity index (χ2v) is 6.13. The zero-order valence-corrected chi connectivity index (χ0v) is 10.6. The van der Waals surface area contributed by atoms with Crippen LogP contribution in [0.2, 0.25) is 0 Å². The highest BCUT2D eigenvalue weighted by molar-refractivity contribution is 7.89. The Kier molecular flexibility index (Phi) is 3.58. The largest absolute Gasteiger partial charge is 0.369 e. The van der Waals surface area contributed by atoms with E-state index in [4.69, 9.17) is 0 Å². The predicted octanol–water partition coefficient (Wildman–Crippen LogP) is 0.232. The number of sulfonamides is 1. The Morgan fingerprint density at radius 1 is 1.47 bits per heavy atom. The van der Waals surface area contributed by atoms with Gasteiger partial charge in [0, 0.05) is 31.4 Å². The fourth-order valence-corrected chi connectivity index (χ4v) is 3.33. The molecule has 94 valence electrons. The summed E-state index contributed by atoms with van der Waals surface area (Å²) in [5.74, 6) is 1.01. The number of aromatic nitrogens is 2. The average Bonchev–Trinajstić information content (AvgIpc) is 2.58. The molecular weight excluding hydrogens is 240 g/mol. The standard InChI is InChI=1S/C10H16N4O2S/c1-9-7-10(13-8-12-9)11-3-5-14-4-2-6-17(14,15)16/h7-8H,2-6H2,1H3,(H,11,12,13). The van der Waals surface area contributed by atoms with Crippen molar-refractivity contribution in [3.63, 3.8) is 0 Å². The number of nitrogens with zero attached hydrogens (tertiary/aromatic N) is 3. The molecule has 1 saturated heterocycles. The van der Waals surface area contributed by atoms with Gasteiger partial charge in [-0.05, 0) is 13.3 Å². The van der Waals surface area contributed by atoms with E-state index < -0.39 is 10.0 Å². The fraction of sp³-hybridized carbons (Fsp3) is 0.600. The summed E-state index contributed by atoms with van der Waals surface area (Å²) in [6, 6.07) is 1.83. The third-order valence-corrected chi connectivity index (χ3v) is 4.63. The van der Waals surface area contributed by atoms with Crippen LogP contribution in [0.3, 0.4) is 0 Å². The fourth-order valence-electron chi connectivity index (χ4n) is 1.80. The summed E-state index contributed by atoms with van der Waals surface area (Å²) in [7, 11) is -2.99. The summed E-state index contributed by atoms with van der Waals surface area (Å²) in [6.07, 6.45) is 2.22. The van der Waals surface area contributed by atoms with Crippen LogP contribution >= 0.6 is 0 Å². The second kappa shape index (κ2) is 4.97. The first kappa shape index (κ1) is 12.3. The van der Waals surface area contributed by atoms with E-state index in [9.17, 15) is 8.42 Å². The SMILES string of the molecule is Cc1cc(NCCN2CCCS2(=O)=O)ncn1. The van der Waals surface area contributed by atoms with Gasteiger partial charge in [-0.1, -0.05) is 0 Å². The number of anilines is 1. The molecule has 0 spiro atoms. The summed E-state index contributed by atoms with van der Waals surface area (Å²) in [6.45, 7) is 3.58. The molecule has 0 bridgehead atoms. The molecule has 1 fully saturated rings. The van der Waals surface area contributed by atoms with Crippen LogP contribution in [0.5, 0.6) is 0 Å². The van der Waals surface area contributed by atoms with Crippen molar-refractivity contribution in [2.75, 3.05) is 30.7 Å². The number of aryl methyl sites for hydroxylation is 1. The maximum absolute atomic E-state index is 11.5. The van der Waals surface area contributed by atoms with E-state index in [1.165, 1.54) is 10.6 Å². The van der Waals surface area contributed by atoms with Crippen molar-refractivity contribution in [2.45, 2.75) is 13.3 Å². The van der Waals surface area contributed by atoms with Crippen LogP contribution in [0.25, 0.3) is 0 Å². The number of hydrogen-bond acceptors (Lipinski definition) is 5. The van der Waals surface area contributed by atoms with Gasteiger partial charge in [0.05, 0.1) is 5.75 Å². The molecule has 0 saturated carbocycles. The van der Waals surface area contributed by atoms with E-state index in [0.29, 0.717) is 19.6 Å². The Morgan fingerprint density at radius 3 is 2.94 bits per heavy atom. The second-order valence-electron chi connectivity index (χ2n) is 4.04. The van der Waals surface area contributed by atoms with Gasteiger partial charge in [0.2, 0.25) is 10.0 Å². The molecule has 2 heterocycles. The first-order chi connectivity index (χ1) is 8.08. The summed E-state index contributed by atoms with van der Waals surface area (Å²) in [5, 5.41) is 3.09. The molecule has 1 N–H and O–H groups in total. The molecule has 0 amide bonds. The molecule has 6 nitrogen and oxygen atoms in total. The molecule has 1 aromatic heterocycles. The molecular formula is C10H16N4O2S. The molecule has 7 heteroatoms. The normalized spacial score (nSPS) is 19.4. The van der Waals surface area contributed by atoms with Crippen molar-refractivity contribution in [3.05, 3.63) is 18.1 Å². The molecule has 1 aromatic rings. The Bertz CT molecular complexity index is 489. The molecule has 0 atom stereocenters. The molecule has 2 rings (SSSR count). The van der Waals surface area contributed by atoms with Gasteiger partial charge in [0.1, 0.15) is 12.1 Å². The maximum Gasteiger partial charge on any atom is 0.214 e. The van der Waals surface area contributed by atoms with Crippen LogP contribution in [-0.2, 0) is 10.0 Å². The lowest BCUT2D eigenvalue weighted by atomic mass is 10.4. The predicted molar refractivity (Wildman–Crippen MR) is 65.2 cm³/mol. The lowest BCUT2D eigenvalue weighted by molar-refractivity contribution is 0.456. The van der Waals surface area contributed by atoms with Gasteiger partial charge in [0.25, 0.3) is 0 Å². The monoisotopic (exact) mass is 256 g/mol. The van der Waals surface area contributed by atoms with Crippen LogP contribution in [-0.4, -0.2) is 48.1 Å². The van der Waals surface area contributed by atoms with Crippen LogP contribution < -0.4 is 5.32 Å². The van der Waals surface area contributed by atoms with Gasteiger partial charge in [-0.25, -0.2) is 22.7 Å². The first-order valence-corrected chi connectivity index (χ1v) is 7.19. The Labute approximate surface area is 101 Å². The molecule has 0 radical (unpaired) electrons. The molecule has 1 aliphatic heterocycles. The molecule has 17 heavy (non-hydrogen) atoms. The Morgan fingerprint density at radius 2 is 2.29 bits per heavy atom. The van der Waals surface area contributed by atoms with Gasteiger partial charge in [-0.2, -0.15) is 0 Å². The van der Waals surface area contributed by atoms with E-state index in [2.05, 4.69) is 15.3 Å². The van der Waals surface area contributed by atoms with E-state index in [1.807, 2.05) is 13.0 Å². The van der Waals surface area contributed by atoms with Gasteiger partial charge in [0.15, 0.2) is 0 Å². The van der Waals surface area contributed by atoms with Crippen molar-refractivity contribution in [3.8, 4) is 0 Å². The summed E-state index contributed by atoms with van der Waals surface area (Å²) >= 11 is 0. The third-order valence-electron chi connectivity index (χ3n) is 2.67. The summed E-state index contributed by atoms with van der Waals surface area (Å²) in [5.41, 5.74) is 0.885. The summed E-state index contributed by atoms with van der Waals surface area (Å²) < 4.78 is 24.6. The van der Waals surface area contributed by atoms with E-state index in [1.54, 1.807) is 0 Å². The highest BCUT2D eigenvalue weighted by Gasteiger charge is 2.27. The van der Waals surface area contributed by atoms with Crippen LogP contribution in [0.1, 0.15) is 12.1 Å². The van der Waals surface area contributed by atoms with Crippen LogP contribution in [0, 0.1) is 6.92 Å². The van der Waals surface area contributed by atoms with E-state index in [0.717, 1.165) is 17.9 Å². The quantitative estimate of drug-likeness (QED) is 0.834. The molecule has 0 unspecified atom stereocenters. The summed E-state index contributed by atoms with van der Waals surface area (Å²) in [4.78, 5) is 8.04. The van der Waals surface area contributed by atoms with E-state index in [-0.39, 0.29) is 5.75 Å². The molecule has 0 aromatic carbocycles. The lowest BCUT2D eigenvalue weighted by Gasteiger charge is -2.14. The number of hydrogen-bond donors (Lipinski definition) is 1. The maximum atomic E-state index is 11.5. The Balaban J connectivity index is 1.84. The molecule has 1 aliphatic rings. The lowest BCUT2D eigenvalue weighted by Crippen LogP contribution is -2.30. The first-order valence-electron chi connectivity index (χ1n) is 5.58. The van der Waals surface area contributed by atoms with Crippen molar-refractivity contribution < 1.29 is 8.42 Å². The van der Waals surface area contributed by atoms with Crippen molar-refractivity contribution in [1.29, 1.82) is 0 Å². The average molecular weight is 256 g/mol. The van der Waals surface area contributed by atoms with Gasteiger partial charge < -0.3 is 5.32 Å². The molecule has 0 aliphatic carbocycles. The van der Waals surface area contributed by atoms with E-state index >= 15 is 0 Å². The highest BCUT2D eigenvalue weighted by atomic mass is 32.2. The Hall–Kier alpha value is -1.21. The van der Waals surface area contributed by atoms with Crippen molar-refractivity contribution in [1.82, 2.24) is 14.3 Å². The van der Waals surface area contributed by atoms with Crippen LogP contribution in [0.15, 0.2) is 12.4 Å². The number of nitrogens with one attached hydrogen (secondary N) is 1. The number of rotatable bonds is 4. The van der Waals surface area contributed by atoms with Crippen molar-refractivity contribution in [2.24, 2.45) is 0 Å². The zero-order valence-electron chi connectivity index (χ0n) is 9.76.